The molecular formula is C8H10Cl2Si. The fourth-order valence-corrected chi connectivity index (χ4v) is 2.29. The van der Waals surface area contributed by atoms with Crippen molar-refractivity contribution in [2.24, 2.45) is 0 Å². The second-order valence-corrected chi connectivity index (χ2v) is 7.69. The van der Waals surface area contributed by atoms with Crippen molar-refractivity contribution in [1.82, 2.24) is 0 Å². The molecule has 0 saturated heterocycles. The number of rotatable bonds is 2. The van der Waals surface area contributed by atoms with Gasteiger partial charge in [-0.05, 0) is 5.56 Å². The van der Waals surface area contributed by atoms with Gasteiger partial charge in [-0.2, -0.15) is 0 Å². The van der Waals surface area contributed by atoms with Crippen molar-refractivity contribution in [3.8, 4) is 0 Å². The van der Waals surface area contributed by atoms with Crippen LogP contribution in [-0.4, -0.2) is 7.42 Å². The van der Waals surface area contributed by atoms with Crippen LogP contribution in [0.1, 0.15) is 18.0 Å². The molecule has 3 heteroatoms. The van der Waals surface area contributed by atoms with Gasteiger partial charge in [-0.15, -0.1) is 22.2 Å². The van der Waals surface area contributed by atoms with Gasteiger partial charge in [0.15, 0.2) is 0 Å². The highest BCUT2D eigenvalue weighted by molar-refractivity contribution is 7.34. The minimum Gasteiger partial charge on any atom is -0.150 e. The molecule has 1 rings (SSSR count). The summed E-state index contributed by atoms with van der Waals surface area (Å²) in [6.07, 6.45) is 0. The first-order valence-corrected chi connectivity index (χ1v) is 7.70. The van der Waals surface area contributed by atoms with Crippen molar-refractivity contribution in [1.29, 1.82) is 0 Å². The zero-order valence-corrected chi connectivity index (χ0v) is 8.96. The van der Waals surface area contributed by atoms with Crippen molar-refractivity contribution < 1.29 is 0 Å². The second kappa shape index (κ2) is 4.15. The Morgan fingerprint density at radius 3 is 2.18 bits per heavy atom. The molecule has 1 atom stereocenters. The number of benzene rings is 1. The first kappa shape index (κ1) is 9.11. The highest BCUT2D eigenvalue weighted by Gasteiger charge is 2.14. The maximum absolute atomic E-state index is 5.87. The van der Waals surface area contributed by atoms with E-state index in [-0.39, 0.29) is 0 Å². The highest BCUT2D eigenvalue weighted by Crippen LogP contribution is 2.21. The van der Waals surface area contributed by atoms with Gasteiger partial charge < -0.3 is 0 Å². The SMILES string of the molecule is CC(c1ccccc1)[SiH](Cl)Cl. The van der Waals surface area contributed by atoms with E-state index in [1.54, 1.807) is 0 Å². The molecule has 60 valence electrons. The van der Waals surface area contributed by atoms with E-state index in [1.807, 2.05) is 18.2 Å². The summed E-state index contributed by atoms with van der Waals surface area (Å²) in [6, 6.07) is 10.1. The van der Waals surface area contributed by atoms with Crippen LogP contribution in [0.4, 0.5) is 0 Å². The van der Waals surface area contributed by atoms with Crippen molar-refractivity contribution >= 4 is 29.6 Å². The van der Waals surface area contributed by atoms with Crippen LogP contribution in [0, 0.1) is 0 Å². The van der Waals surface area contributed by atoms with E-state index < -0.39 is 7.42 Å². The van der Waals surface area contributed by atoms with Gasteiger partial charge in [0.05, 0.1) is 0 Å². The topological polar surface area (TPSA) is 0 Å². The molecule has 1 aromatic carbocycles. The summed E-state index contributed by atoms with van der Waals surface area (Å²) in [5.41, 5.74) is 1.59. The minimum atomic E-state index is -1.55. The van der Waals surface area contributed by atoms with E-state index in [9.17, 15) is 0 Å². The van der Waals surface area contributed by atoms with Gasteiger partial charge in [0.1, 0.15) is 0 Å². The van der Waals surface area contributed by atoms with Gasteiger partial charge >= 0.3 is 0 Å². The molecule has 0 aliphatic carbocycles. The van der Waals surface area contributed by atoms with Crippen LogP contribution in [0.25, 0.3) is 0 Å². The van der Waals surface area contributed by atoms with Crippen LogP contribution in [0.3, 0.4) is 0 Å². The highest BCUT2D eigenvalue weighted by atomic mass is 35.7. The Labute approximate surface area is 78.2 Å². The molecule has 0 fully saturated rings. The standard InChI is InChI=1S/C8H10Cl2Si/c1-7(11(9)10)8-5-3-2-4-6-8/h2-7,11H,1H3. The van der Waals surface area contributed by atoms with Crippen LogP contribution < -0.4 is 0 Å². The predicted octanol–water partition coefficient (Wildman–Crippen LogP) is 3.03. The molecule has 0 aliphatic rings. The zero-order chi connectivity index (χ0) is 8.27. The lowest BCUT2D eigenvalue weighted by atomic mass is 10.2. The van der Waals surface area contributed by atoms with Crippen LogP contribution in [0.15, 0.2) is 30.3 Å². The molecule has 0 spiro atoms. The summed E-state index contributed by atoms with van der Waals surface area (Å²) in [7, 11) is -1.55. The Bertz CT molecular complexity index is 211. The van der Waals surface area contributed by atoms with Gasteiger partial charge in [0, 0.05) is 5.54 Å². The first-order valence-electron chi connectivity index (χ1n) is 3.55. The summed E-state index contributed by atoms with van der Waals surface area (Å²) in [4.78, 5) is 0. The Hall–Kier alpha value is 0.0169. The summed E-state index contributed by atoms with van der Waals surface area (Å²) in [5.74, 6) is 0. The van der Waals surface area contributed by atoms with Crippen LogP contribution >= 0.6 is 22.2 Å². The number of hydrogen-bond donors (Lipinski definition) is 0. The molecule has 0 heterocycles. The summed E-state index contributed by atoms with van der Waals surface area (Å²) < 4.78 is 0. The Morgan fingerprint density at radius 2 is 1.73 bits per heavy atom. The van der Waals surface area contributed by atoms with Gasteiger partial charge in [0.25, 0.3) is 0 Å². The van der Waals surface area contributed by atoms with E-state index in [4.69, 9.17) is 22.2 Å². The van der Waals surface area contributed by atoms with E-state index >= 15 is 0 Å². The quantitative estimate of drug-likeness (QED) is 0.514. The lowest BCUT2D eigenvalue weighted by Crippen LogP contribution is -2.06. The molecule has 0 saturated carbocycles. The van der Waals surface area contributed by atoms with Gasteiger partial charge in [-0.25, -0.2) is 0 Å². The third kappa shape index (κ3) is 2.51. The Balaban J connectivity index is 2.77. The van der Waals surface area contributed by atoms with E-state index in [1.165, 1.54) is 5.56 Å². The summed E-state index contributed by atoms with van der Waals surface area (Å²) in [5, 5.41) is 0. The number of halogens is 2. The summed E-state index contributed by atoms with van der Waals surface area (Å²) in [6.45, 7) is 2.08. The zero-order valence-electron chi connectivity index (χ0n) is 6.30. The average molecular weight is 205 g/mol. The maximum atomic E-state index is 5.87. The molecule has 1 unspecified atom stereocenters. The van der Waals surface area contributed by atoms with E-state index in [0.717, 1.165) is 0 Å². The molecule has 0 nitrogen and oxygen atoms in total. The summed E-state index contributed by atoms with van der Waals surface area (Å²) >= 11 is 11.7. The lowest BCUT2D eigenvalue weighted by molar-refractivity contribution is 1.07. The third-order valence-electron chi connectivity index (χ3n) is 1.70. The molecule has 0 radical (unpaired) electrons. The van der Waals surface area contributed by atoms with Crippen molar-refractivity contribution in [3.05, 3.63) is 35.9 Å². The number of hydrogen-bond acceptors (Lipinski definition) is 0. The van der Waals surface area contributed by atoms with Crippen molar-refractivity contribution in [2.75, 3.05) is 0 Å². The first-order chi connectivity index (χ1) is 5.22. The molecule has 11 heavy (non-hydrogen) atoms. The van der Waals surface area contributed by atoms with Gasteiger partial charge in [-0.3, -0.25) is 0 Å². The minimum absolute atomic E-state index is 0.347. The smallest absolute Gasteiger partial charge is 0.150 e. The molecule has 0 amide bonds. The average Bonchev–Trinajstić information content (AvgIpc) is 2.05. The van der Waals surface area contributed by atoms with Gasteiger partial charge in [0.2, 0.25) is 7.42 Å². The van der Waals surface area contributed by atoms with Crippen LogP contribution in [0.2, 0.25) is 0 Å². The van der Waals surface area contributed by atoms with E-state index in [2.05, 4.69) is 19.1 Å². The van der Waals surface area contributed by atoms with Crippen molar-refractivity contribution in [3.63, 3.8) is 0 Å². The fourth-order valence-electron chi connectivity index (χ4n) is 0.902. The molecule has 0 N–H and O–H groups in total. The second-order valence-electron chi connectivity index (χ2n) is 2.53. The van der Waals surface area contributed by atoms with Crippen LogP contribution in [0.5, 0.6) is 0 Å². The Morgan fingerprint density at radius 1 is 1.18 bits per heavy atom. The molecule has 0 aromatic heterocycles. The molecule has 0 aliphatic heterocycles. The predicted molar refractivity (Wildman–Crippen MR) is 53.7 cm³/mol. The normalized spacial score (nSPS) is 13.5. The maximum Gasteiger partial charge on any atom is 0.244 e. The molecule has 1 aromatic rings. The van der Waals surface area contributed by atoms with Crippen LogP contribution in [-0.2, 0) is 0 Å². The van der Waals surface area contributed by atoms with E-state index in [0.29, 0.717) is 5.54 Å². The molecule has 0 bridgehead atoms. The lowest BCUT2D eigenvalue weighted by Gasteiger charge is -2.09. The van der Waals surface area contributed by atoms with Gasteiger partial charge in [-0.1, -0.05) is 37.3 Å². The largest absolute Gasteiger partial charge is 0.244 e. The third-order valence-corrected chi connectivity index (χ3v) is 5.11. The Kier molecular flexibility index (Phi) is 3.43. The molecular weight excluding hydrogens is 195 g/mol. The monoisotopic (exact) mass is 204 g/mol. The van der Waals surface area contributed by atoms with Crippen molar-refractivity contribution in [2.45, 2.75) is 12.5 Å². The fraction of sp³-hybridized carbons (Fsp3) is 0.250.